The number of esters is 3. The van der Waals surface area contributed by atoms with Gasteiger partial charge in [-0.3, -0.25) is 14.4 Å². The van der Waals surface area contributed by atoms with E-state index in [0.717, 1.165) is 96.3 Å². The fraction of sp³-hybridized carbons (Fsp3) is 0.717. The molecule has 0 amide bonds. The summed E-state index contributed by atoms with van der Waals surface area (Å²) in [6.07, 6.45) is 58.9. The van der Waals surface area contributed by atoms with Gasteiger partial charge in [0.25, 0.3) is 0 Å². The molecule has 0 rings (SSSR count). The second kappa shape index (κ2) is 47.5. The minimum absolute atomic E-state index is 0.107. The molecule has 0 radical (unpaired) electrons. The quantitative estimate of drug-likeness (QED) is 0.0264. The highest BCUT2D eigenvalue weighted by Gasteiger charge is 2.19. The molecule has 0 aromatic rings. The van der Waals surface area contributed by atoms with Crippen molar-refractivity contribution in [2.75, 3.05) is 13.2 Å². The van der Waals surface area contributed by atoms with E-state index in [1.54, 1.807) is 0 Å². The SMILES string of the molecule is CCC/C=C\C/C=C\C/C=C\CCC(=O)OC[C@@H](COC(=O)CCCCCCC/C=C\C/C=C\CCCCC)OC(=O)CCCCCCC/C=C\CCCCCCCC. The summed E-state index contributed by atoms with van der Waals surface area (Å²) < 4.78 is 16.7. The smallest absolute Gasteiger partial charge is 0.306 e. The van der Waals surface area contributed by atoms with Gasteiger partial charge in [-0.15, -0.1) is 0 Å². The van der Waals surface area contributed by atoms with Crippen molar-refractivity contribution in [1.29, 1.82) is 0 Å². The van der Waals surface area contributed by atoms with E-state index in [0.29, 0.717) is 19.3 Å². The third kappa shape index (κ3) is 45.8. The molecule has 59 heavy (non-hydrogen) atoms. The molecule has 0 fully saturated rings. The molecule has 0 saturated heterocycles. The van der Waals surface area contributed by atoms with Gasteiger partial charge in [0.05, 0.1) is 0 Å². The van der Waals surface area contributed by atoms with Gasteiger partial charge in [0.1, 0.15) is 13.2 Å². The van der Waals surface area contributed by atoms with E-state index in [9.17, 15) is 14.4 Å². The van der Waals surface area contributed by atoms with Gasteiger partial charge in [0.15, 0.2) is 6.10 Å². The minimum Gasteiger partial charge on any atom is -0.462 e. The molecular weight excluding hydrogens is 733 g/mol. The van der Waals surface area contributed by atoms with Crippen LogP contribution in [0.2, 0.25) is 0 Å². The molecule has 0 unspecified atom stereocenters. The molecule has 338 valence electrons. The first-order valence-electron chi connectivity index (χ1n) is 24.4. The van der Waals surface area contributed by atoms with Crippen LogP contribution in [0.15, 0.2) is 72.9 Å². The van der Waals surface area contributed by atoms with Crippen LogP contribution in [0.3, 0.4) is 0 Å². The van der Waals surface area contributed by atoms with E-state index >= 15 is 0 Å². The van der Waals surface area contributed by atoms with E-state index in [1.807, 2.05) is 12.2 Å². The van der Waals surface area contributed by atoms with E-state index in [4.69, 9.17) is 14.2 Å². The van der Waals surface area contributed by atoms with Crippen molar-refractivity contribution in [1.82, 2.24) is 0 Å². The number of rotatable bonds is 43. The van der Waals surface area contributed by atoms with Crippen molar-refractivity contribution in [3.8, 4) is 0 Å². The molecule has 0 N–H and O–H groups in total. The lowest BCUT2D eigenvalue weighted by atomic mass is 10.1. The van der Waals surface area contributed by atoms with Crippen LogP contribution in [0.25, 0.3) is 0 Å². The number of allylic oxidation sites excluding steroid dienone is 12. The molecular formula is C53H90O6. The molecule has 0 aromatic heterocycles. The molecule has 0 aliphatic rings. The summed E-state index contributed by atoms with van der Waals surface area (Å²) in [6, 6.07) is 0. The van der Waals surface area contributed by atoms with Crippen molar-refractivity contribution < 1.29 is 28.6 Å². The Hall–Kier alpha value is -3.15. The van der Waals surface area contributed by atoms with Crippen LogP contribution in [-0.2, 0) is 28.6 Å². The predicted octanol–water partition coefficient (Wildman–Crippen LogP) is 15.9. The molecule has 0 spiro atoms. The van der Waals surface area contributed by atoms with Crippen LogP contribution in [-0.4, -0.2) is 37.2 Å². The average Bonchev–Trinajstić information content (AvgIpc) is 3.23. The monoisotopic (exact) mass is 823 g/mol. The van der Waals surface area contributed by atoms with Gasteiger partial charge in [0.2, 0.25) is 0 Å². The fourth-order valence-corrected chi connectivity index (χ4v) is 6.44. The Morgan fingerprint density at radius 1 is 0.339 bits per heavy atom. The molecule has 0 aromatic carbocycles. The van der Waals surface area contributed by atoms with Gasteiger partial charge in [-0.2, -0.15) is 0 Å². The molecule has 6 heteroatoms. The normalized spacial score (nSPS) is 12.7. The molecule has 0 aliphatic carbocycles. The number of ether oxygens (including phenoxy) is 3. The number of hydrogen-bond donors (Lipinski definition) is 0. The molecule has 0 bridgehead atoms. The topological polar surface area (TPSA) is 78.9 Å². The second-order valence-corrected chi connectivity index (χ2v) is 16.0. The Kier molecular flexibility index (Phi) is 45.0. The fourth-order valence-electron chi connectivity index (χ4n) is 6.44. The van der Waals surface area contributed by atoms with Crippen molar-refractivity contribution in [3.05, 3.63) is 72.9 Å². The lowest BCUT2D eigenvalue weighted by Gasteiger charge is -2.18. The van der Waals surface area contributed by atoms with Gasteiger partial charge in [-0.1, -0.05) is 184 Å². The van der Waals surface area contributed by atoms with E-state index in [2.05, 4.69) is 81.5 Å². The zero-order valence-corrected chi connectivity index (χ0v) is 38.5. The Labute approximate surface area is 363 Å². The highest BCUT2D eigenvalue weighted by Crippen LogP contribution is 2.13. The van der Waals surface area contributed by atoms with E-state index in [1.165, 1.54) is 83.5 Å². The van der Waals surface area contributed by atoms with Gasteiger partial charge < -0.3 is 14.2 Å². The summed E-state index contributed by atoms with van der Waals surface area (Å²) in [7, 11) is 0. The minimum atomic E-state index is -0.810. The zero-order valence-electron chi connectivity index (χ0n) is 38.5. The number of hydrogen-bond acceptors (Lipinski definition) is 6. The lowest BCUT2D eigenvalue weighted by Crippen LogP contribution is -2.30. The van der Waals surface area contributed by atoms with Crippen LogP contribution in [0.4, 0.5) is 0 Å². The van der Waals surface area contributed by atoms with Crippen molar-refractivity contribution in [2.45, 2.75) is 232 Å². The van der Waals surface area contributed by atoms with Crippen molar-refractivity contribution in [2.24, 2.45) is 0 Å². The number of unbranched alkanes of at least 4 members (excludes halogenated alkanes) is 20. The van der Waals surface area contributed by atoms with Crippen LogP contribution >= 0.6 is 0 Å². The van der Waals surface area contributed by atoms with E-state index < -0.39 is 6.10 Å². The van der Waals surface area contributed by atoms with Crippen LogP contribution in [0.1, 0.15) is 226 Å². The molecule has 6 nitrogen and oxygen atoms in total. The van der Waals surface area contributed by atoms with Gasteiger partial charge in [-0.25, -0.2) is 0 Å². The van der Waals surface area contributed by atoms with E-state index in [-0.39, 0.29) is 37.5 Å². The first-order chi connectivity index (χ1) is 29.0. The predicted molar refractivity (Wildman–Crippen MR) is 251 cm³/mol. The maximum absolute atomic E-state index is 12.8. The Morgan fingerprint density at radius 3 is 1.17 bits per heavy atom. The average molecular weight is 823 g/mol. The van der Waals surface area contributed by atoms with Crippen LogP contribution in [0.5, 0.6) is 0 Å². The van der Waals surface area contributed by atoms with Crippen LogP contribution < -0.4 is 0 Å². The van der Waals surface area contributed by atoms with Gasteiger partial charge in [-0.05, 0) is 96.3 Å². The molecule has 0 aliphatic heterocycles. The summed E-state index contributed by atoms with van der Waals surface area (Å²) in [4.78, 5) is 37.8. The Balaban J connectivity index is 4.48. The lowest BCUT2D eigenvalue weighted by molar-refractivity contribution is -0.166. The third-order valence-electron chi connectivity index (χ3n) is 10.1. The highest BCUT2D eigenvalue weighted by atomic mass is 16.6. The van der Waals surface area contributed by atoms with Crippen LogP contribution in [0, 0.1) is 0 Å². The summed E-state index contributed by atoms with van der Waals surface area (Å²) >= 11 is 0. The first kappa shape index (κ1) is 55.9. The molecule has 0 heterocycles. The van der Waals surface area contributed by atoms with Gasteiger partial charge >= 0.3 is 17.9 Å². The molecule has 1 atom stereocenters. The van der Waals surface area contributed by atoms with Crippen molar-refractivity contribution >= 4 is 17.9 Å². The Bertz CT molecular complexity index is 1130. The summed E-state index contributed by atoms with van der Waals surface area (Å²) in [5.74, 6) is -1.01. The number of carbonyl (C=O) groups is 3. The largest absolute Gasteiger partial charge is 0.462 e. The molecule has 0 saturated carbocycles. The third-order valence-corrected chi connectivity index (χ3v) is 10.1. The summed E-state index contributed by atoms with van der Waals surface area (Å²) in [6.45, 7) is 6.44. The number of carbonyl (C=O) groups excluding carboxylic acids is 3. The maximum Gasteiger partial charge on any atom is 0.306 e. The standard InChI is InChI=1S/C53H90O6/c1-4-7-10-13-16-19-22-24-26-28-31-34-37-40-43-46-52(55)58-49-50(48-57-51(54)45-42-39-36-33-30-21-18-15-12-9-6-3)59-53(56)47-44-41-38-35-32-29-27-25-23-20-17-14-11-8-5-2/h12,15-16,19,21,24-27,30,36,39,50H,4-11,13-14,17-18,20,22-23,28-29,31-35,37-38,40-49H2,1-3H3/b15-12-,19-16-,26-24-,27-25-,30-21-,39-36-/t50-/m0/s1. The summed E-state index contributed by atoms with van der Waals surface area (Å²) in [5, 5.41) is 0. The maximum atomic E-state index is 12.8. The van der Waals surface area contributed by atoms with Gasteiger partial charge in [0, 0.05) is 19.3 Å². The highest BCUT2D eigenvalue weighted by molar-refractivity contribution is 5.71. The second-order valence-electron chi connectivity index (χ2n) is 16.0. The Morgan fingerprint density at radius 2 is 0.678 bits per heavy atom. The first-order valence-corrected chi connectivity index (χ1v) is 24.4. The van der Waals surface area contributed by atoms with Crippen molar-refractivity contribution in [3.63, 3.8) is 0 Å². The zero-order chi connectivity index (χ0) is 43.0. The summed E-state index contributed by atoms with van der Waals surface area (Å²) in [5.41, 5.74) is 0.